The van der Waals surface area contributed by atoms with E-state index in [1.807, 2.05) is 0 Å². The number of hydrogen-bond acceptors (Lipinski definition) is 6. The Morgan fingerprint density at radius 2 is 1.33 bits per heavy atom. The van der Waals surface area contributed by atoms with Gasteiger partial charge in [-0.1, -0.05) is 12.1 Å². The van der Waals surface area contributed by atoms with Crippen LogP contribution in [0.25, 0.3) is 0 Å². The Kier molecular flexibility index (Phi) is 4.89. The van der Waals surface area contributed by atoms with Crippen molar-refractivity contribution in [3.05, 3.63) is 72.1 Å². The topological polar surface area (TPSA) is 132 Å². The number of carbonyl (C=O) groups is 2. The molecule has 0 saturated carbocycles. The minimum absolute atomic E-state index is 0.0730. The van der Waals surface area contributed by atoms with E-state index < -0.39 is 29.1 Å². The van der Waals surface area contributed by atoms with Crippen molar-refractivity contribution < 1.29 is 24.9 Å². The Labute approximate surface area is 153 Å². The lowest BCUT2D eigenvalue weighted by molar-refractivity contribution is 0.101. The van der Waals surface area contributed by atoms with Crippen molar-refractivity contribution in [2.24, 2.45) is 0 Å². The average molecular weight is 365 g/mol. The monoisotopic (exact) mass is 365 g/mol. The number of aromatic hydroxyl groups is 3. The highest BCUT2D eigenvalue weighted by Crippen LogP contribution is 2.35. The van der Waals surface area contributed by atoms with E-state index >= 15 is 0 Å². The van der Waals surface area contributed by atoms with Crippen molar-refractivity contribution in [1.82, 2.24) is 4.98 Å². The average Bonchev–Trinajstić information content (AvgIpc) is 2.67. The standard InChI is InChI=1S/C19H15N3O5/c23-15-8-12(9-16(24)17(15)25)19(27)22-14-6-2-1-5-13(14)21-18(26)11-4-3-7-20-10-11/h1-10,23-25H,(H,21,26)(H,22,27). The summed E-state index contributed by atoms with van der Waals surface area (Å²) in [4.78, 5) is 28.6. The number of hydrogen-bond donors (Lipinski definition) is 5. The molecule has 0 aliphatic carbocycles. The maximum absolute atomic E-state index is 12.4. The van der Waals surface area contributed by atoms with Crippen molar-refractivity contribution in [1.29, 1.82) is 0 Å². The van der Waals surface area contributed by atoms with Gasteiger partial charge in [-0.15, -0.1) is 0 Å². The Bertz CT molecular complexity index is 982. The second-order valence-corrected chi connectivity index (χ2v) is 5.56. The van der Waals surface area contributed by atoms with E-state index in [4.69, 9.17) is 0 Å². The highest BCUT2D eigenvalue weighted by atomic mass is 16.3. The smallest absolute Gasteiger partial charge is 0.257 e. The van der Waals surface area contributed by atoms with Gasteiger partial charge in [0.2, 0.25) is 0 Å². The first-order valence-electron chi connectivity index (χ1n) is 7.82. The highest BCUT2D eigenvalue weighted by Gasteiger charge is 2.16. The number of nitrogens with one attached hydrogen (secondary N) is 2. The van der Waals surface area contributed by atoms with Gasteiger partial charge in [0.05, 0.1) is 16.9 Å². The number of rotatable bonds is 4. The summed E-state index contributed by atoms with van der Waals surface area (Å²) in [6.45, 7) is 0. The van der Waals surface area contributed by atoms with Gasteiger partial charge in [-0.05, 0) is 36.4 Å². The summed E-state index contributed by atoms with van der Waals surface area (Å²) in [5.41, 5.74) is 0.946. The SMILES string of the molecule is O=C(Nc1ccccc1NC(=O)c1cc(O)c(O)c(O)c1)c1cccnc1. The zero-order valence-electron chi connectivity index (χ0n) is 13.9. The van der Waals surface area contributed by atoms with Gasteiger partial charge in [-0.3, -0.25) is 14.6 Å². The number of carbonyl (C=O) groups excluding carboxylic acids is 2. The first kappa shape index (κ1) is 17.7. The van der Waals surface area contributed by atoms with Crippen molar-refractivity contribution in [3.8, 4) is 17.2 Å². The molecule has 5 N–H and O–H groups in total. The third kappa shape index (κ3) is 3.96. The van der Waals surface area contributed by atoms with Crippen molar-refractivity contribution >= 4 is 23.2 Å². The largest absolute Gasteiger partial charge is 0.504 e. The number of anilines is 2. The summed E-state index contributed by atoms with van der Waals surface area (Å²) >= 11 is 0. The lowest BCUT2D eigenvalue weighted by Gasteiger charge is -2.13. The second kappa shape index (κ2) is 7.44. The predicted octanol–water partition coefficient (Wildman–Crippen LogP) is 2.70. The van der Waals surface area contributed by atoms with Crippen LogP contribution in [0.3, 0.4) is 0 Å². The van der Waals surface area contributed by atoms with Gasteiger partial charge in [-0.25, -0.2) is 0 Å². The number of amides is 2. The number of aromatic nitrogens is 1. The highest BCUT2D eigenvalue weighted by molar-refractivity contribution is 6.10. The van der Waals surface area contributed by atoms with Crippen LogP contribution in [0, 0.1) is 0 Å². The molecule has 0 fully saturated rings. The maximum atomic E-state index is 12.4. The van der Waals surface area contributed by atoms with Gasteiger partial charge in [-0.2, -0.15) is 0 Å². The molecular formula is C19H15N3O5. The molecule has 136 valence electrons. The molecular weight excluding hydrogens is 350 g/mol. The van der Waals surface area contributed by atoms with Crippen molar-refractivity contribution in [2.75, 3.05) is 10.6 Å². The Morgan fingerprint density at radius 1 is 0.778 bits per heavy atom. The lowest BCUT2D eigenvalue weighted by atomic mass is 10.1. The molecule has 0 bridgehead atoms. The van der Waals surface area contributed by atoms with E-state index in [0.29, 0.717) is 16.9 Å². The van der Waals surface area contributed by atoms with Crippen LogP contribution in [0.15, 0.2) is 60.9 Å². The number of phenols is 3. The molecule has 27 heavy (non-hydrogen) atoms. The Morgan fingerprint density at radius 3 is 1.85 bits per heavy atom. The van der Waals surface area contributed by atoms with E-state index in [-0.39, 0.29) is 5.56 Å². The first-order valence-corrected chi connectivity index (χ1v) is 7.82. The number of nitrogens with zero attached hydrogens (tertiary/aromatic N) is 1. The van der Waals surface area contributed by atoms with Gasteiger partial charge in [0.25, 0.3) is 11.8 Å². The molecule has 8 heteroatoms. The summed E-state index contributed by atoms with van der Waals surface area (Å²) in [6, 6.07) is 11.8. The molecule has 0 spiro atoms. The quantitative estimate of drug-likeness (QED) is 0.452. The normalized spacial score (nSPS) is 10.2. The molecule has 8 nitrogen and oxygen atoms in total. The molecule has 0 aliphatic rings. The number of pyridine rings is 1. The number of benzene rings is 2. The maximum Gasteiger partial charge on any atom is 0.257 e. The Balaban J connectivity index is 1.82. The van der Waals surface area contributed by atoms with Crippen molar-refractivity contribution in [3.63, 3.8) is 0 Å². The zero-order chi connectivity index (χ0) is 19.4. The fraction of sp³-hybridized carbons (Fsp3) is 0. The van der Waals surface area contributed by atoms with Crippen LogP contribution in [0.5, 0.6) is 17.2 Å². The van der Waals surface area contributed by atoms with Crippen molar-refractivity contribution in [2.45, 2.75) is 0 Å². The number of phenolic OH excluding ortho intramolecular Hbond substituents is 3. The molecule has 0 unspecified atom stereocenters. The van der Waals surface area contributed by atoms with Gasteiger partial charge in [0, 0.05) is 18.0 Å². The van der Waals surface area contributed by atoms with Crippen LogP contribution in [0.4, 0.5) is 11.4 Å². The molecule has 3 aromatic rings. The minimum Gasteiger partial charge on any atom is -0.504 e. The van der Waals surface area contributed by atoms with Crippen LogP contribution in [-0.2, 0) is 0 Å². The summed E-state index contributed by atoms with van der Waals surface area (Å²) < 4.78 is 0. The fourth-order valence-corrected chi connectivity index (χ4v) is 2.32. The molecule has 0 radical (unpaired) electrons. The molecule has 0 saturated heterocycles. The predicted molar refractivity (Wildman–Crippen MR) is 98.0 cm³/mol. The molecule has 2 aromatic carbocycles. The summed E-state index contributed by atoms with van der Waals surface area (Å²) in [5.74, 6) is -3.01. The minimum atomic E-state index is -0.712. The number of para-hydroxylation sites is 2. The molecule has 3 rings (SSSR count). The molecule has 0 aliphatic heterocycles. The molecule has 0 atom stereocenters. The van der Waals surface area contributed by atoms with Gasteiger partial charge in [0.15, 0.2) is 17.2 Å². The van der Waals surface area contributed by atoms with Gasteiger partial charge >= 0.3 is 0 Å². The zero-order valence-corrected chi connectivity index (χ0v) is 13.9. The third-order valence-corrected chi connectivity index (χ3v) is 3.68. The second-order valence-electron chi connectivity index (χ2n) is 5.56. The molecule has 1 heterocycles. The van der Waals surface area contributed by atoms with Gasteiger partial charge < -0.3 is 26.0 Å². The van der Waals surface area contributed by atoms with Crippen LogP contribution in [0.2, 0.25) is 0 Å². The fourth-order valence-electron chi connectivity index (χ4n) is 2.32. The lowest BCUT2D eigenvalue weighted by Crippen LogP contribution is -2.16. The summed E-state index contributed by atoms with van der Waals surface area (Å²) in [6.07, 6.45) is 2.96. The van der Waals surface area contributed by atoms with Crippen LogP contribution in [-0.4, -0.2) is 32.1 Å². The van der Waals surface area contributed by atoms with E-state index in [0.717, 1.165) is 12.1 Å². The van der Waals surface area contributed by atoms with E-state index in [9.17, 15) is 24.9 Å². The first-order chi connectivity index (χ1) is 13.0. The van der Waals surface area contributed by atoms with E-state index in [2.05, 4.69) is 15.6 Å². The Hall–Kier alpha value is -4.07. The van der Waals surface area contributed by atoms with Crippen LogP contribution >= 0.6 is 0 Å². The molecule has 1 aromatic heterocycles. The summed E-state index contributed by atoms with van der Waals surface area (Å²) in [5, 5.41) is 33.7. The van der Waals surface area contributed by atoms with E-state index in [1.165, 1.54) is 6.20 Å². The van der Waals surface area contributed by atoms with Crippen LogP contribution in [0.1, 0.15) is 20.7 Å². The summed E-state index contributed by atoms with van der Waals surface area (Å²) in [7, 11) is 0. The van der Waals surface area contributed by atoms with Crippen LogP contribution < -0.4 is 10.6 Å². The molecule has 2 amide bonds. The van der Waals surface area contributed by atoms with Gasteiger partial charge in [0.1, 0.15) is 0 Å². The van der Waals surface area contributed by atoms with E-state index in [1.54, 1.807) is 42.6 Å². The third-order valence-electron chi connectivity index (χ3n) is 3.68.